The minimum atomic E-state index is -8.29. The Bertz CT molecular complexity index is 665. The molecule has 0 N–H and O–H groups in total. The Kier molecular flexibility index (Phi) is 10.5. The molecule has 0 aromatic carbocycles. The quantitative estimate of drug-likeness (QED) is 0.153. The van der Waals surface area contributed by atoms with Crippen LogP contribution in [0.25, 0.3) is 0 Å². The van der Waals surface area contributed by atoms with Crippen molar-refractivity contribution in [2.45, 2.75) is 81.4 Å². The first-order valence-corrected chi connectivity index (χ1v) is 11.6. The fraction of sp³-hybridized carbons (Fsp3) is 1.00. The second-order valence-corrected chi connectivity index (χ2v) is 9.64. The zero-order chi connectivity index (χ0) is 28.4. The Morgan fingerprint density at radius 2 is 0.800 bits per heavy atom. The van der Waals surface area contributed by atoms with Gasteiger partial charge in [0, 0.05) is 32.3 Å². The second-order valence-electron chi connectivity index (χ2n) is 6.91. The van der Waals surface area contributed by atoms with Crippen LogP contribution in [-0.2, 0) is 13.3 Å². The fourth-order valence-corrected chi connectivity index (χ4v) is 5.30. The summed E-state index contributed by atoms with van der Waals surface area (Å²) < 4.78 is 214. The normalized spacial score (nSPS) is 15.6. The highest BCUT2D eigenvalue weighted by molar-refractivity contribution is 6.60. The van der Waals surface area contributed by atoms with Crippen molar-refractivity contribution in [3.8, 4) is 0 Å². The molecule has 0 rings (SSSR count). The SMILES string of the molecule is CCO[Si](CCCC(F)(F)C(F)(F)C(F)(F)C(F)(F)C(F)(F)C(F)(F)C(F)(F)F)(OCC)OCC. The molecule has 0 amide bonds. The van der Waals surface area contributed by atoms with Gasteiger partial charge in [-0.3, -0.25) is 0 Å². The first-order valence-electron chi connectivity index (χ1n) is 9.64. The summed E-state index contributed by atoms with van der Waals surface area (Å²) in [5, 5.41) is 0. The van der Waals surface area contributed by atoms with Crippen molar-refractivity contribution in [1.29, 1.82) is 0 Å². The van der Waals surface area contributed by atoms with Gasteiger partial charge in [-0.1, -0.05) is 0 Å². The molecule has 35 heavy (non-hydrogen) atoms. The largest absolute Gasteiger partial charge is 0.500 e. The number of alkyl halides is 15. The Hall–Kier alpha value is -0.953. The molecule has 0 saturated heterocycles. The summed E-state index contributed by atoms with van der Waals surface area (Å²) in [5.74, 6) is -46.4. The van der Waals surface area contributed by atoms with Gasteiger partial charge >= 0.3 is 50.5 Å². The van der Waals surface area contributed by atoms with Gasteiger partial charge in [-0.2, -0.15) is 65.9 Å². The van der Waals surface area contributed by atoms with E-state index in [2.05, 4.69) is 0 Å². The molecule has 0 spiro atoms. The van der Waals surface area contributed by atoms with Crippen LogP contribution in [-0.4, -0.2) is 70.3 Å². The van der Waals surface area contributed by atoms with E-state index in [1.165, 1.54) is 20.8 Å². The van der Waals surface area contributed by atoms with E-state index in [4.69, 9.17) is 13.3 Å². The molecular weight excluding hydrogens is 553 g/mol. The summed E-state index contributed by atoms with van der Waals surface area (Å²) in [6, 6.07) is -0.779. The Morgan fingerprint density at radius 1 is 0.486 bits per heavy atom. The van der Waals surface area contributed by atoms with Crippen molar-refractivity contribution in [3.63, 3.8) is 0 Å². The molecule has 0 fully saturated rings. The van der Waals surface area contributed by atoms with Gasteiger partial charge in [0.2, 0.25) is 0 Å². The molecule has 19 heteroatoms. The molecule has 3 nitrogen and oxygen atoms in total. The van der Waals surface area contributed by atoms with Crippen LogP contribution in [0.2, 0.25) is 6.04 Å². The van der Waals surface area contributed by atoms with Crippen molar-refractivity contribution < 1.29 is 79.1 Å². The monoisotopic (exact) mass is 574 g/mol. The van der Waals surface area contributed by atoms with Crippen LogP contribution in [0.3, 0.4) is 0 Å². The first kappa shape index (κ1) is 34.0. The van der Waals surface area contributed by atoms with Crippen molar-refractivity contribution in [2.75, 3.05) is 19.8 Å². The maximum absolute atomic E-state index is 14.0. The minimum Gasteiger partial charge on any atom is -0.374 e. The van der Waals surface area contributed by atoms with Gasteiger partial charge in [0.25, 0.3) is 0 Å². The topological polar surface area (TPSA) is 27.7 Å². The summed E-state index contributed by atoms with van der Waals surface area (Å²) in [5.41, 5.74) is 0. The summed E-state index contributed by atoms with van der Waals surface area (Å²) in [6.07, 6.45) is -11.3. The molecular formula is C16H21F15O3Si. The molecule has 0 bridgehead atoms. The zero-order valence-corrected chi connectivity index (χ0v) is 19.1. The average molecular weight is 574 g/mol. The van der Waals surface area contributed by atoms with Gasteiger partial charge in [-0.05, 0) is 27.2 Å². The molecule has 0 aromatic rings. The lowest BCUT2D eigenvalue weighted by molar-refractivity contribution is -0.452. The van der Waals surface area contributed by atoms with Crippen LogP contribution in [0.5, 0.6) is 0 Å². The predicted molar refractivity (Wildman–Crippen MR) is 90.4 cm³/mol. The number of rotatable bonds is 15. The number of hydrogen-bond donors (Lipinski definition) is 0. The Balaban J connectivity index is 6.11. The first-order chi connectivity index (χ1) is 15.4. The molecule has 0 heterocycles. The van der Waals surface area contributed by atoms with Gasteiger partial charge < -0.3 is 13.3 Å². The molecule has 0 unspecified atom stereocenters. The molecule has 0 atom stereocenters. The van der Waals surface area contributed by atoms with Crippen LogP contribution in [0.4, 0.5) is 65.9 Å². The van der Waals surface area contributed by atoms with E-state index in [1.807, 2.05) is 0 Å². The molecule has 0 saturated carbocycles. The van der Waals surface area contributed by atoms with Gasteiger partial charge in [0.1, 0.15) is 0 Å². The maximum Gasteiger partial charge on any atom is 0.500 e. The van der Waals surface area contributed by atoms with Crippen molar-refractivity contribution in [1.82, 2.24) is 0 Å². The molecule has 0 aromatic heterocycles. The van der Waals surface area contributed by atoms with Crippen molar-refractivity contribution in [2.24, 2.45) is 0 Å². The van der Waals surface area contributed by atoms with E-state index in [-0.39, 0.29) is 19.8 Å². The van der Waals surface area contributed by atoms with Gasteiger partial charge in [0.05, 0.1) is 0 Å². The van der Waals surface area contributed by atoms with Gasteiger partial charge in [0.15, 0.2) is 0 Å². The van der Waals surface area contributed by atoms with E-state index in [0.29, 0.717) is 0 Å². The lowest BCUT2D eigenvalue weighted by Gasteiger charge is -2.41. The summed E-state index contributed by atoms with van der Waals surface area (Å²) >= 11 is 0. The van der Waals surface area contributed by atoms with E-state index in [0.717, 1.165) is 0 Å². The number of hydrogen-bond acceptors (Lipinski definition) is 3. The fourth-order valence-electron chi connectivity index (χ4n) is 2.68. The standard InChI is InChI=1S/C16H21F15O3Si/c1-4-32-35(33-5-2,34-6-3)9-7-8-10(17,18)11(19,20)12(21,22)13(23,24)14(25,26)15(27,28)16(29,30)31/h4-9H2,1-3H3. The van der Waals surface area contributed by atoms with E-state index < -0.39 is 69.4 Å². The predicted octanol–water partition coefficient (Wildman–Crippen LogP) is 7.19. The summed E-state index contributed by atoms with van der Waals surface area (Å²) in [6.45, 7) is 3.65. The third-order valence-corrected chi connectivity index (χ3v) is 7.61. The molecule has 0 radical (unpaired) electrons. The zero-order valence-electron chi connectivity index (χ0n) is 18.1. The van der Waals surface area contributed by atoms with Crippen molar-refractivity contribution >= 4 is 8.80 Å². The van der Waals surface area contributed by atoms with Gasteiger partial charge in [-0.15, -0.1) is 0 Å². The van der Waals surface area contributed by atoms with Crippen LogP contribution >= 0.6 is 0 Å². The molecule has 0 aliphatic heterocycles. The Labute approximate surface area is 190 Å². The number of halogens is 15. The third kappa shape index (κ3) is 5.97. The van der Waals surface area contributed by atoms with Crippen LogP contribution in [0, 0.1) is 0 Å². The average Bonchev–Trinajstić information content (AvgIpc) is 2.66. The van der Waals surface area contributed by atoms with Crippen LogP contribution in [0.1, 0.15) is 33.6 Å². The van der Waals surface area contributed by atoms with E-state index in [9.17, 15) is 65.9 Å². The van der Waals surface area contributed by atoms with Crippen LogP contribution < -0.4 is 0 Å². The highest BCUT2D eigenvalue weighted by atomic mass is 28.4. The molecule has 0 aliphatic rings. The molecule has 212 valence electrons. The lowest BCUT2D eigenvalue weighted by Crippen LogP contribution is -2.72. The van der Waals surface area contributed by atoms with Crippen molar-refractivity contribution in [3.05, 3.63) is 0 Å². The van der Waals surface area contributed by atoms with E-state index in [1.54, 1.807) is 0 Å². The maximum atomic E-state index is 14.0. The summed E-state index contributed by atoms with van der Waals surface area (Å²) in [7, 11) is -3.87. The smallest absolute Gasteiger partial charge is 0.374 e. The highest BCUT2D eigenvalue weighted by Crippen LogP contribution is 2.62. The second kappa shape index (κ2) is 10.8. The van der Waals surface area contributed by atoms with E-state index >= 15 is 0 Å². The summed E-state index contributed by atoms with van der Waals surface area (Å²) in [4.78, 5) is 0. The molecule has 0 aliphatic carbocycles. The van der Waals surface area contributed by atoms with Crippen LogP contribution in [0.15, 0.2) is 0 Å². The van der Waals surface area contributed by atoms with Gasteiger partial charge in [-0.25, -0.2) is 0 Å². The Morgan fingerprint density at radius 3 is 1.11 bits per heavy atom. The third-order valence-electron chi connectivity index (χ3n) is 4.46. The highest BCUT2D eigenvalue weighted by Gasteiger charge is 2.93. The lowest BCUT2D eigenvalue weighted by atomic mass is 9.90. The minimum absolute atomic E-state index is 0.161.